The summed E-state index contributed by atoms with van der Waals surface area (Å²) in [5.41, 5.74) is 0.176. The predicted octanol–water partition coefficient (Wildman–Crippen LogP) is 13.6. The van der Waals surface area contributed by atoms with Gasteiger partial charge in [-0.25, -0.2) is 4.79 Å². The molecule has 0 aromatic heterocycles. The fourth-order valence-electron chi connectivity index (χ4n) is 8.71. The van der Waals surface area contributed by atoms with Crippen LogP contribution in [0.25, 0.3) is 0 Å². The maximum absolute atomic E-state index is 9.60. The minimum Gasteiger partial charge on any atom is -0.478 e. The topological polar surface area (TPSA) is 98.0 Å². The van der Waals surface area contributed by atoms with E-state index in [0.29, 0.717) is 0 Å². The summed E-state index contributed by atoms with van der Waals surface area (Å²) in [6, 6.07) is 129. The first-order valence-corrected chi connectivity index (χ1v) is 34.3. The maximum atomic E-state index is 9.60. The fraction of sp³-hybridized carbons (Fsp3) is 0.0132. The number of hydrogen-bond donors (Lipinski definition) is 4. The summed E-state index contributed by atoms with van der Waals surface area (Å²) in [5.74, 6) is -0.935. The van der Waals surface area contributed by atoms with Crippen LogP contribution in [-0.4, -0.2) is 25.8 Å². The minimum absolute atomic E-state index is 0.176. The molecule has 0 aliphatic heterocycles. The van der Waals surface area contributed by atoms with E-state index in [1.54, 1.807) is 0 Å². The standard InChI is InChI=1S/4C18H15P.C4H6O2.H3O3P/c4*1-4-10-16(11-5-1)19(17-12-6-2-7-13-17)18-14-8-3-9-15-18;1-3(2)4(5)6;1-4(2)3/h4*1-15H;1H2,2H3,(H,5,6);1-3H. The molecule has 0 amide bonds. The molecule has 0 bridgehead atoms. The Morgan fingerprint density at radius 1 is 0.233 bits per heavy atom. The van der Waals surface area contributed by atoms with Crippen molar-refractivity contribution in [2.45, 2.75) is 6.92 Å². The molecule has 0 spiro atoms. The molecule has 10 heteroatoms. The molecule has 0 unspecified atom stereocenters. The number of carboxylic acid groups (broad SMARTS) is 1. The van der Waals surface area contributed by atoms with E-state index in [-0.39, 0.29) is 5.57 Å². The fourth-order valence-corrected chi connectivity index (χ4v) is 17.9. The average molecular weight is 1220 g/mol. The molecule has 4 N–H and O–H groups in total. The second kappa shape index (κ2) is 37.3. The minimum atomic E-state index is -2.62. The Morgan fingerprint density at radius 2 is 0.302 bits per heavy atom. The quantitative estimate of drug-likeness (QED) is 0.0681. The van der Waals surface area contributed by atoms with E-state index in [1.165, 1.54) is 70.6 Å². The van der Waals surface area contributed by atoms with Gasteiger partial charge in [0, 0.05) is 5.57 Å². The van der Waals surface area contributed by atoms with Crippen molar-refractivity contribution >= 4 is 110 Å². The van der Waals surface area contributed by atoms with Gasteiger partial charge in [0.2, 0.25) is 0 Å². The Labute approximate surface area is 514 Å². The predicted molar refractivity (Wildman–Crippen MR) is 377 cm³/mol. The van der Waals surface area contributed by atoms with Crippen molar-refractivity contribution in [1.29, 1.82) is 0 Å². The zero-order valence-corrected chi connectivity index (χ0v) is 52.3. The lowest BCUT2D eigenvalue weighted by molar-refractivity contribution is -0.132. The molecule has 12 aromatic rings. The molecule has 12 rings (SSSR count). The molecule has 0 radical (unpaired) electrons. The zero-order chi connectivity index (χ0) is 60.4. The molecule has 5 nitrogen and oxygen atoms in total. The molecule has 0 heterocycles. The van der Waals surface area contributed by atoms with Crippen LogP contribution in [-0.2, 0) is 4.79 Å². The van der Waals surface area contributed by atoms with Crippen LogP contribution in [0.3, 0.4) is 0 Å². The van der Waals surface area contributed by atoms with Gasteiger partial charge in [0.1, 0.15) is 0 Å². The summed E-state index contributed by atoms with van der Waals surface area (Å²) in [6.07, 6.45) is 0. The highest BCUT2D eigenvalue weighted by Gasteiger charge is 2.18. The summed E-state index contributed by atoms with van der Waals surface area (Å²) in [6.45, 7) is 4.60. The van der Waals surface area contributed by atoms with E-state index in [0.717, 1.165) is 0 Å². The monoisotopic (exact) mass is 1220 g/mol. The third kappa shape index (κ3) is 21.7. The number of aliphatic carboxylic acids is 1. The van der Waals surface area contributed by atoms with Gasteiger partial charge in [0.15, 0.2) is 0 Å². The van der Waals surface area contributed by atoms with E-state index in [2.05, 4.69) is 371 Å². The molecular weight excluding hydrogens is 1150 g/mol. The number of benzene rings is 12. The van der Waals surface area contributed by atoms with E-state index < -0.39 is 46.3 Å². The van der Waals surface area contributed by atoms with Gasteiger partial charge in [-0.1, -0.05) is 371 Å². The highest BCUT2D eigenvalue weighted by molar-refractivity contribution is 7.81. The molecule has 12 aromatic carbocycles. The summed E-state index contributed by atoms with van der Waals surface area (Å²) in [7, 11) is -4.40. The first-order valence-electron chi connectivity index (χ1n) is 27.7. The highest BCUT2D eigenvalue weighted by atomic mass is 31.2. The van der Waals surface area contributed by atoms with Crippen LogP contribution in [0.5, 0.6) is 0 Å². The number of carbonyl (C=O) groups is 1. The molecule has 0 fully saturated rings. The molecule has 0 atom stereocenters. The zero-order valence-electron chi connectivity index (χ0n) is 47.8. The Morgan fingerprint density at radius 3 is 0.360 bits per heavy atom. The normalized spacial score (nSPS) is 10.3. The van der Waals surface area contributed by atoms with Gasteiger partial charge in [-0.15, -0.1) is 0 Å². The van der Waals surface area contributed by atoms with Crippen LogP contribution in [0.4, 0.5) is 0 Å². The highest BCUT2D eigenvalue weighted by Crippen LogP contribution is 2.35. The Hall–Kier alpha value is -8.12. The van der Waals surface area contributed by atoms with Crippen LogP contribution in [0.15, 0.2) is 376 Å². The third-order valence-electron chi connectivity index (χ3n) is 12.5. The van der Waals surface area contributed by atoms with E-state index >= 15 is 0 Å². The first kappa shape index (κ1) is 65.4. The Bertz CT molecular complexity index is 2860. The van der Waals surface area contributed by atoms with Gasteiger partial charge in [-0.3, -0.25) is 0 Å². The first-order chi connectivity index (χ1) is 42.2. The van der Waals surface area contributed by atoms with Gasteiger partial charge >= 0.3 is 14.6 Å². The Balaban J connectivity index is 0.000000156. The average Bonchev–Trinajstić information content (AvgIpc) is 3.77. The van der Waals surface area contributed by atoms with Crippen molar-refractivity contribution in [1.82, 2.24) is 0 Å². The third-order valence-corrected chi connectivity index (χ3v) is 22.3. The molecular formula is C76H69O5P5. The van der Waals surface area contributed by atoms with E-state index in [4.69, 9.17) is 19.8 Å². The molecule has 0 saturated heterocycles. The number of carboxylic acids is 1. The van der Waals surface area contributed by atoms with Crippen LogP contribution >= 0.6 is 40.3 Å². The summed E-state index contributed by atoms with van der Waals surface area (Å²) < 4.78 is 0. The van der Waals surface area contributed by atoms with Gasteiger partial charge in [0.05, 0.1) is 0 Å². The second-order valence-corrected chi connectivity index (χ2v) is 28.1. The number of hydrogen-bond acceptors (Lipinski definition) is 4. The van der Waals surface area contributed by atoms with E-state index in [9.17, 15) is 4.79 Å². The van der Waals surface area contributed by atoms with Crippen molar-refractivity contribution in [2.75, 3.05) is 0 Å². The summed E-state index contributed by atoms with van der Waals surface area (Å²) in [5, 5.41) is 24.7. The lowest BCUT2D eigenvalue weighted by Gasteiger charge is -2.18. The lowest BCUT2D eigenvalue weighted by Crippen LogP contribution is -2.20. The van der Waals surface area contributed by atoms with Gasteiger partial charge in [0.25, 0.3) is 0 Å². The molecule has 0 aliphatic carbocycles. The smallest absolute Gasteiger partial charge is 0.330 e. The second-order valence-electron chi connectivity index (χ2n) is 18.7. The van der Waals surface area contributed by atoms with Gasteiger partial charge in [-0.05, 0) is 102 Å². The van der Waals surface area contributed by atoms with Crippen molar-refractivity contribution in [3.05, 3.63) is 376 Å². The van der Waals surface area contributed by atoms with Gasteiger partial charge in [-0.2, -0.15) is 0 Å². The van der Waals surface area contributed by atoms with Crippen LogP contribution in [0, 0.1) is 0 Å². The largest absolute Gasteiger partial charge is 0.478 e. The maximum Gasteiger partial charge on any atom is 0.330 e. The van der Waals surface area contributed by atoms with Gasteiger partial charge < -0.3 is 19.8 Å². The molecule has 428 valence electrons. The van der Waals surface area contributed by atoms with Crippen molar-refractivity contribution < 1.29 is 24.6 Å². The van der Waals surface area contributed by atoms with Crippen LogP contribution < -0.4 is 63.7 Å². The van der Waals surface area contributed by atoms with Crippen LogP contribution in [0.1, 0.15) is 6.92 Å². The summed E-state index contributed by atoms with van der Waals surface area (Å²) in [4.78, 5) is 31.3. The molecule has 0 saturated carbocycles. The molecule has 0 aliphatic rings. The number of rotatable bonds is 13. The summed E-state index contributed by atoms with van der Waals surface area (Å²) >= 11 is 0. The lowest BCUT2D eigenvalue weighted by atomic mass is 10.4. The van der Waals surface area contributed by atoms with Crippen molar-refractivity contribution in [3.8, 4) is 0 Å². The van der Waals surface area contributed by atoms with Crippen molar-refractivity contribution in [3.63, 3.8) is 0 Å². The van der Waals surface area contributed by atoms with Crippen molar-refractivity contribution in [2.24, 2.45) is 0 Å². The molecule has 86 heavy (non-hydrogen) atoms. The van der Waals surface area contributed by atoms with E-state index in [1.807, 2.05) is 0 Å². The SMILES string of the molecule is C=C(C)C(=O)O.OP(O)O.c1ccc(P(c2ccccc2)c2ccccc2)cc1.c1ccc(P(c2ccccc2)c2ccccc2)cc1.c1ccc(P(c2ccccc2)c2ccccc2)cc1.c1ccc(P(c2ccccc2)c2ccccc2)cc1. The Kier molecular flexibility index (Phi) is 28.4. The van der Waals surface area contributed by atoms with Crippen LogP contribution in [0.2, 0.25) is 0 Å².